The van der Waals surface area contributed by atoms with Crippen molar-refractivity contribution >= 4 is 34.3 Å². The predicted molar refractivity (Wildman–Crippen MR) is 124 cm³/mol. The first-order valence-electron chi connectivity index (χ1n) is 10.5. The first kappa shape index (κ1) is 22.9. The first-order chi connectivity index (χ1) is 14.8. The summed E-state index contributed by atoms with van der Waals surface area (Å²) < 4.78 is 14.5. The Labute approximate surface area is 186 Å². The molecular formula is C24H27ClFN3O2. The highest BCUT2D eigenvalue weighted by atomic mass is 35.5. The average Bonchev–Trinajstić information content (AvgIpc) is 3.51. The topological polar surface area (TPSA) is 74.8 Å². The van der Waals surface area contributed by atoms with Crippen molar-refractivity contribution in [2.75, 3.05) is 5.32 Å². The second kappa shape index (κ2) is 9.18. The highest BCUT2D eigenvalue weighted by Crippen LogP contribution is 2.49. The van der Waals surface area contributed by atoms with E-state index < -0.39 is 0 Å². The Hall–Kier alpha value is -2.73. The van der Waals surface area contributed by atoms with Crippen LogP contribution in [0.15, 0.2) is 46.3 Å². The number of halogens is 2. The molecule has 0 saturated heterocycles. The lowest BCUT2D eigenvalue weighted by Crippen LogP contribution is -2.20. The normalized spacial score (nSPS) is 16.8. The molecule has 2 heterocycles. The summed E-state index contributed by atoms with van der Waals surface area (Å²) in [6.45, 7) is 7.54. The molecule has 0 radical (unpaired) electrons. The molecule has 0 spiro atoms. The molecule has 2 aromatic rings. The van der Waals surface area contributed by atoms with Crippen molar-refractivity contribution in [3.63, 3.8) is 0 Å². The van der Waals surface area contributed by atoms with Crippen LogP contribution in [0, 0.1) is 0 Å². The summed E-state index contributed by atoms with van der Waals surface area (Å²) in [5.74, 6) is -0.482. The second-order valence-electron chi connectivity index (χ2n) is 7.87. The van der Waals surface area contributed by atoms with Crippen LogP contribution in [0.1, 0.15) is 75.0 Å². The molecule has 4 rings (SSSR count). The number of pyridine rings is 2. The fourth-order valence-electron chi connectivity index (χ4n) is 3.57. The molecule has 7 heteroatoms. The molecule has 0 atom stereocenters. The van der Waals surface area contributed by atoms with E-state index in [4.69, 9.17) is 11.6 Å². The Bertz CT molecular complexity index is 1130. The van der Waals surface area contributed by atoms with Crippen LogP contribution in [0.2, 0.25) is 0 Å². The number of allylic oxidation sites excluding steroid dienone is 4. The van der Waals surface area contributed by atoms with Gasteiger partial charge in [0.25, 0.3) is 5.56 Å². The molecule has 0 aromatic carbocycles. The van der Waals surface area contributed by atoms with Gasteiger partial charge in [0.1, 0.15) is 5.83 Å². The SMILES string of the molecule is CC.CC(=O)c1cnccc1Nc1cc(C2=C(F)CCC(Cl)=C2)c(=O)[nH]c1C1(C)CC1. The van der Waals surface area contributed by atoms with Gasteiger partial charge < -0.3 is 10.3 Å². The highest BCUT2D eigenvalue weighted by Gasteiger charge is 2.42. The van der Waals surface area contributed by atoms with E-state index in [-0.39, 0.29) is 40.1 Å². The second-order valence-corrected chi connectivity index (χ2v) is 8.36. The van der Waals surface area contributed by atoms with Crippen LogP contribution >= 0.6 is 11.6 Å². The van der Waals surface area contributed by atoms with Gasteiger partial charge in [0, 0.05) is 40.5 Å². The molecule has 0 amide bonds. The molecule has 0 bridgehead atoms. The van der Waals surface area contributed by atoms with Gasteiger partial charge in [-0.05, 0) is 44.4 Å². The maximum atomic E-state index is 14.5. The number of aromatic amines is 1. The lowest BCUT2D eigenvalue weighted by molar-refractivity contribution is 0.101. The third-order valence-electron chi connectivity index (χ3n) is 5.58. The lowest BCUT2D eigenvalue weighted by Gasteiger charge is -2.20. The number of H-pyrrole nitrogens is 1. The molecule has 2 aromatic heterocycles. The average molecular weight is 444 g/mol. The van der Waals surface area contributed by atoms with E-state index in [1.54, 1.807) is 18.3 Å². The van der Waals surface area contributed by atoms with Crippen molar-refractivity contribution < 1.29 is 9.18 Å². The van der Waals surface area contributed by atoms with E-state index in [1.807, 2.05) is 13.8 Å². The number of nitrogens with zero attached hydrogens (tertiary/aromatic N) is 1. The van der Waals surface area contributed by atoms with E-state index in [1.165, 1.54) is 19.2 Å². The van der Waals surface area contributed by atoms with E-state index in [2.05, 4.69) is 22.2 Å². The summed E-state index contributed by atoms with van der Waals surface area (Å²) >= 11 is 6.11. The van der Waals surface area contributed by atoms with Crippen LogP contribution in [-0.2, 0) is 5.41 Å². The van der Waals surface area contributed by atoms with Gasteiger partial charge in [0.15, 0.2) is 5.78 Å². The fraction of sp³-hybridized carbons (Fsp3) is 0.375. The molecule has 1 saturated carbocycles. The molecule has 31 heavy (non-hydrogen) atoms. The van der Waals surface area contributed by atoms with E-state index in [0.717, 1.165) is 18.5 Å². The Kier molecular flexibility index (Phi) is 6.80. The number of anilines is 2. The maximum Gasteiger partial charge on any atom is 0.256 e. The third-order valence-corrected chi connectivity index (χ3v) is 5.88. The summed E-state index contributed by atoms with van der Waals surface area (Å²) in [5.41, 5.74) is 2.34. The monoisotopic (exact) mass is 443 g/mol. The predicted octanol–water partition coefficient (Wildman–Crippen LogP) is 6.39. The van der Waals surface area contributed by atoms with Crippen LogP contribution in [0.25, 0.3) is 5.57 Å². The van der Waals surface area contributed by atoms with E-state index >= 15 is 0 Å². The summed E-state index contributed by atoms with van der Waals surface area (Å²) in [4.78, 5) is 31.8. The number of rotatable bonds is 5. The number of aromatic nitrogens is 2. The molecule has 1 fully saturated rings. The standard InChI is InChI=1S/C22H21ClFN3O2.C2H6/c1-12(28)16-11-25-8-5-18(16)26-19-10-15(14-9-13(23)3-4-17(14)24)21(29)27-20(19)22(2)6-7-22;1-2/h5,8-11H,3-4,6-7H2,1-2H3,(H,25,26)(H,27,29);1-2H3. The lowest BCUT2D eigenvalue weighted by atomic mass is 9.96. The number of nitrogens with one attached hydrogen (secondary N) is 2. The van der Waals surface area contributed by atoms with Gasteiger partial charge in [-0.3, -0.25) is 14.6 Å². The number of hydrogen-bond acceptors (Lipinski definition) is 4. The van der Waals surface area contributed by atoms with Crippen molar-refractivity contribution in [2.45, 2.75) is 58.8 Å². The number of Topliss-reactive ketones (excluding diaryl/α,β-unsaturated/α-hetero) is 1. The zero-order chi connectivity index (χ0) is 22.8. The number of ketones is 1. The molecule has 2 aliphatic rings. The minimum absolute atomic E-state index is 0.125. The van der Waals surface area contributed by atoms with Crippen molar-refractivity contribution in [1.29, 1.82) is 0 Å². The van der Waals surface area contributed by atoms with Crippen LogP contribution in [0.4, 0.5) is 15.8 Å². The summed E-state index contributed by atoms with van der Waals surface area (Å²) in [6, 6.07) is 3.36. The number of carbonyl (C=O) groups is 1. The van der Waals surface area contributed by atoms with Crippen molar-refractivity contribution in [2.24, 2.45) is 0 Å². The molecule has 0 aliphatic heterocycles. The zero-order valence-corrected chi connectivity index (χ0v) is 19.0. The molecule has 2 N–H and O–H groups in total. The fourth-order valence-corrected chi connectivity index (χ4v) is 3.77. The third kappa shape index (κ3) is 4.79. The van der Waals surface area contributed by atoms with Crippen LogP contribution in [0.5, 0.6) is 0 Å². The van der Waals surface area contributed by atoms with Gasteiger partial charge in [0.2, 0.25) is 0 Å². The Morgan fingerprint density at radius 1 is 1.26 bits per heavy atom. The van der Waals surface area contributed by atoms with E-state index in [9.17, 15) is 14.0 Å². The van der Waals surface area contributed by atoms with Gasteiger partial charge in [-0.2, -0.15) is 0 Å². The van der Waals surface area contributed by atoms with Gasteiger partial charge in [-0.1, -0.05) is 32.4 Å². The van der Waals surface area contributed by atoms with E-state index in [0.29, 0.717) is 28.4 Å². The van der Waals surface area contributed by atoms with Crippen molar-refractivity contribution in [1.82, 2.24) is 9.97 Å². The number of hydrogen-bond donors (Lipinski definition) is 2. The molecule has 164 valence electrons. The van der Waals surface area contributed by atoms with Gasteiger partial charge in [-0.25, -0.2) is 4.39 Å². The Morgan fingerprint density at radius 3 is 2.61 bits per heavy atom. The number of carbonyl (C=O) groups excluding carboxylic acids is 1. The summed E-state index contributed by atoms with van der Waals surface area (Å²) in [6.07, 6.45) is 7.08. The maximum absolute atomic E-state index is 14.5. The van der Waals surface area contributed by atoms with Crippen molar-refractivity contribution in [3.8, 4) is 0 Å². The summed E-state index contributed by atoms with van der Waals surface area (Å²) in [5, 5.41) is 3.79. The summed E-state index contributed by atoms with van der Waals surface area (Å²) in [7, 11) is 0. The molecule has 5 nitrogen and oxygen atoms in total. The van der Waals surface area contributed by atoms with Crippen LogP contribution < -0.4 is 10.9 Å². The van der Waals surface area contributed by atoms with Crippen LogP contribution in [0.3, 0.4) is 0 Å². The molecular weight excluding hydrogens is 417 g/mol. The van der Waals surface area contributed by atoms with Gasteiger partial charge in [0.05, 0.1) is 22.5 Å². The quantitative estimate of drug-likeness (QED) is 0.525. The van der Waals surface area contributed by atoms with Gasteiger partial charge in [-0.15, -0.1) is 0 Å². The Morgan fingerprint density at radius 2 is 1.97 bits per heavy atom. The molecule has 2 aliphatic carbocycles. The minimum atomic E-state index is -0.357. The minimum Gasteiger partial charge on any atom is -0.353 e. The smallest absolute Gasteiger partial charge is 0.256 e. The first-order valence-corrected chi connectivity index (χ1v) is 10.9. The van der Waals surface area contributed by atoms with Crippen LogP contribution in [-0.4, -0.2) is 15.8 Å². The largest absolute Gasteiger partial charge is 0.353 e. The highest BCUT2D eigenvalue weighted by molar-refractivity contribution is 6.30. The van der Waals surface area contributed by atoms with Crippen molar-refractivity contribution in [3.05, 3.63) is 68.6 Å². The molecule has 0 unspecified atom stereocenters. The zero-order valence-electron chi connectivity index (χ0n) is 18.2. The Balaban J connectivity index is 0.00000132. The van der Waals surface area contributed by atoms with Gasteiger partial charge >= 0.3 is 0 Å².